The van der Waals surface area contributed by atoms with Crippen molar-refractivity contribution in [3.05, 3.63) is 48.2 Å². The molecular weight excluding hydrogens is 313 g/mol. The molecule has 120 valence electrons. The van der Waals surface area contributed by atoms with E-state index in [1.807, 2.05) is 0 Å². The van der Waals surface area contributed by atoms with Crippen LogP contribution < -0.4 is 9.46 Å². The Kier molecular flexibility index (Phi) is 5.17. The third kappa shape index (κ3) is 3.85. The second kappa shape index (κ2) is 6.91. The van der Waals surface area contributed by atoms with Crippen LogP contribution in [0.25, 0.3) is 0 Å². The Hall–Kier alpha value is -1.90. The molecular formula is C14H16FNO5S. The number of nitrogens with one attached hydrogen (secondary N) is 1. The van der Waals surface area contributed by atoms with Crippen LogP contribution in [0.1, 0.15) is 18.3 Å². The molecule has 0 radical (unpaired) electrons. The molecule has 0 aliphatic heterocycles. The van der Waals surface area contributed by atoms with Crippen molar-refractivity contribution in [2.24, 2.45) is 0 Å². The number of hydrogen-bond donors (Lipinski definition) is 2. The maximum absolute atomic E-state index is 13.2. The smallest absolute Gasteiger partial charge is 0.244 e. The van der Waals surface area contributed by atoms with Gasteiger partial charge in [0.2, 0.25) is 10.0 Å². The van der Waals surface area contributed by atoms with E-state index in [-0.39, 0.29) is 23.6 Å². The van der Waals surface area contributed by atoms with Gasteiger partial charge in [0.05, 0.1) is 13.4 Å². The Morgan fingerprint density at radius 2 is 2.18 bits per heavy atom. The lowest BCUT2D eigenvalue weighted by atomic mass is 10.2. The molecule has 0 aliphatic carbocycles. The Bertz CT molecular complexity index is 715. The maximum Gasteiger partial charge on any atom is 0.244 e. The average Bonchev–Trinajstić information content (AvgIpc) is 3.01. The molecule has 0 amide bonds. The number of benzene rings is 1. The first kappa shape index (κ1) is 16.5. The number of halogens is 1. The summed E-state index contributed by atoms with van der Waals surface area (Å²) in [4.78, 5) is -0.289. The minimum atomic E-state index is -3.95. The lowest BCUT2D eigenvalue weighted by Crippen LogP contribution is -2.26. The molecule has 0 spiro atoms. The summed E-state index contributed by atoms with van der Waals surface area (Å²) < 4.78 is 49.8. The highest BCUT2D eigenvalue weighted by atomic mass is 32.2. The van der Waals surface area contributed by atoms with E-state index in [2.05, 4.69) is 4.72 Å². The van der Waals surface area contributed by atoms with E-state index in [1.165, 1.54) is 19.4 Å². The van der Waals surface area contributed by atoms with Crippen molar-refractivity contribution < 1.29 is 27.1 Å². The Balaban J connectivity index is 2.04. The summed E-state index contributed by atoms with van der Waals surface area (Å²) in [7, 11) is -2.65. The van der Waals surface area contributed by atoms with Crippen LogP contribution >= 0.6 is 0 Å². The molecule has 8 heteroatoms. The van der Waals surface area contributed by atoms with Crippen LogP contribution in [0.4, 0.5) is 4.39 Å². The van der Waals surface area contributed by atoms with E-state index in [9.17, 15) is 17.9 Å². The molecule has 0 saturated carbocycles. The van der Waals surface area contributed by atoms with Crippen LogP contribution in [-0.4, -0.2) is 27.2 Å². The lowest BCUT2D eigenvalue weighted by molar-refractivity contribution is 0.141. The first-order valence-corrected chi connectivity index (χ1v) is 7.97. The van der Waals surface area contributed by atoms with Crippen LogP contribution in [0.2, 0.25) is 0 Å². The molecule has 0 saturated heterocycles. The first-order valence-electron chi connectivity index (χ1n) is 6.48. The Labute approximate surface area is 127 Å². The third-order valence-electron chi connectivity index (χ3n) is 3.00. The van der Waals surface area contributed by atoms with E-state index in [1.54, 1.807) is 12.1 Å². The highest BCUT2D eigenvalue weighted by molar-refractivity contribution is 7.89. The second-order valence-electron chi connectivity index (χ2n) is 4.51. The predicted molar refractivity (Wildman–Crippen MR) is 76.4 cm³/mol. The number of sulfonamides is 1. The maximum atomic E-state index is 13.2. The fourth-order valence-electron chi connectivity index (χ4n) is 1.89. The minimum absolute atomic E-state index is 0.0378. The number of ether oxygens (including phenoxy) is 1. The van der Waals surface area contributed by atoms with Crippen LogP contribution in [0.5, 0.6) is 5.75 Å². The fraction of sp³-hybridized carbons (Fsp3) is 0.286. The van der Waals surface area contributed by atoms with E-state index in [0.717, 1.165) is 12.1 Å². The monoisotopic (exact) mass is 329 g/mol. The molecule has 2 N–H and O–H groups in total. The van der Waals surface area contributed by atoms with Crippen LogP contribution in [0, 0.1) is 5.82 Å². The van der Waals surface area contributed by atoms with Gasteiger partial charge in [0, 0.05) is 6.54 Å². The number of rotatable bonds is 7. The quantitative estimate of drug-likeness (QED) is 0.809. The van der Waals surface area contributed by atoms with Crippen molar-refractivity contribution in [3.63, 3.8) is 0 Å². The molecule has 22 heavy (non-hydrogen) atoms. The van der Waals surface area contributed by atoms with Crippen LogP contribution in [-0.2, 0) is 10.0 Å². The zero-order chi connectivity index (χ0) is 16.2. The number of methoxy groups -OCH3 is 1. The van der Waals surface area contributed by atoms with Crippen molar-refractivity contribution in [1.29, 1.82) is 0 Å². The van der Waals surface area contributed by atoms with Crippen molar-refractivity contribution in [1.82, 2.24) is 4.72 Å². The normalized spacial score (nSPS) is 13.0. The average molecular weight is 329 g/mol. The minimum Gasteiger partial charge on any atom is -0.495 e. The van der Waals surface area contributed by atoms with Gasteiger partial charge in [0.15, 0.2) is 0 Å². The number of aliphatic hydroxyl groups is 1. The van der Waals surface area contributed by atoms with Crippen LogP contribution in [0.3, 0.4) is 0 Å². The second-order valence-corrected chi connectivity index (χ2v) is 6.25. The topological polar surface area (TPSA) is 88.8 Å². The molecule has 0 fully saturated rings. The summed E-state index contributed by atoms with van der Waals surface area (Å²) in [5.74, 6) is -0.292. The molecule has 6 nitrogen and oxygen atoms in total. The van der Waals surface area contributed by atoms with E-state index in [0.29, 0.717) is 5.76 Å². The number of aliphatic hydroxyl groups excluding tert-OH is 1. The lowest BCUT2D eigenvalue weighted by Gasteiger charge is -2.12. The Morgan fingerprint density at radius 3 is 2.82 bits per heavy atom. The highest BCUT2D eigenvalue weighted by Gasteiger charge is 2.21. The van der Waals surface area contributed by atoms with Gasteiger partial charge in [-0.2, -0.15) is 0 Å². The van der Waals surface area contributed by atoms with Gasteiger partial charge in [-0.1, -0.05) is 0 Å². The number of furan rings is 1. The molecule has 0 aliphatic rings. The summed E-state index contributed by atoms with van der Waals surface area (Å²) in [5.41, 5.74) is 0. The van der Waals surface area contributed by atoms with Crippen molar-refractivity contribution in [3.8, 4) is 5.75 Å². The van der Waals surface area contributed by atoms with Crippen molar-refractivity contribution in [2.75, 3.05) is 13.7 Å². The zero-order valence-corrected chi connectivity index (χ0v) is 12.6. The Morgan fingerprint density at radius 1 is 1.41 bits per heavy atom. The number of hydrogen-bond acceptors (Lipinski definition) is 5. The molecule has 0 unspecified atom stereocenters. The van der Waals surface area contributed by atoms with Gasteiger partial charge in [0.25, 0.3) is 0 Å². The third-order valence-corrected chi connectivity index (χ3v) is 4.48. The van der Waals surface area contributed by atoms with Gasteiger partial charge >= 0.3 is 0 Å². The summed E-state index contributed by atoms with van der Waals surface area (Å²) in [5, 5.41) is 9.81. The van der Waals surface area contributed by atoms with Gasteiger partial charge in [-0.3, -0.25) is 0 Å². The fourth-order valence-corrected chi connectivity index (χ4v) is 3.12. The molecule has 0 bridgehead atoms. The molecule has 2 aromatic rings. The summed E-state index contributed by atoms with van der Waals surface area (Å²) >= 11 is 0. The predicted octanol–water partition coefficient (Wildman–Crippen LogP) is 1.83. The standard InChI is InChI=1S/C14H16FNO5S/c1-20-13-5-4-10(15)9-14(13)22(18,19)16-7-6-11(17)12-3-2-8-21-12/h2-5,8-9,11,16-17H,6-7H2,1H3/t11-/m0/s1. The SMILES string of the molecule is COc1ccc(F)cc1S(=O)(=O)NCC[C@H](O)c1ccco1. The molecule has 1 aromatic heterocycles. The molecule has 1 aromatic carbocycles. The highest BCUT2D eigenvalue weighted by Crippen LogP contribution is 2.24. The van der Waals surface area contributed by atoms with Gasteiger partial charge < -0.3 is 14.3 Å². The van der Waals surface area contributed by atoms with Gasteiger partial charge in [-0.05, 0) is 36.8 Å². The van der Waals surface area contributed by atoms with Gasteiger partial charge in [-0.25, -0.2) is 17.5 Å². The largest absolute Gasteiger partial charge is 0.495 e. The summed E-state index contributed by atoms with van der Waals surface area (Å²) in [6.07, 6.45) is 0.608. The van der Waals surface area contributed by atoms with E-state index in [4.69, 9.17) is 9.15 Å². The van der Waals surface area contributed by atoms with Gasteiger partial charge in [0.1, 0.15) is 28.3 Å². The van der Waals surface area contributed by atoms with E-state index >= 15 is 0 Å². The molecule has 1 heterocycles. The molecule has 1 atom stereocenters. The van der Waals surface area contributed by atoms with Gasteiger partial charge in [-0.15, -0.1) is 0 Å². The first-order chi connectivity index (χ1) is 10.4. The summed E-state index contributed by atoms with van der Waals surface area (Å²) in [6, 6.07) is 6.44. The summed E-state index contributed by atoms with van der Waals surface area (Å²) in [6.45, 7) is -0.0378. The van der Waals surface area contributed by atoms with Crippen molar-refractivity contribution >= 4 is 10.0 Å². The zero-order valence-electron chi connectivity index (χ0n) is 11.8. The van der Waals surface area contributed by atoms with E-state index < -0.39 is 21.9 Å². The molecule has 2 rings (SSSR count). The van der Waals surface area contributed by atoms with Crippen molar-refractivity contribution in [2.45, 2.75) is 17.4 Å². The van der Waals surface area contributed by atoms with Crippen LogP contribution in [0.15, 0.2) is 45.9 Å².